The molecule has 19 heavy (non-hydrogen) atoms. The van der Waals surface area contributed by atoms with Crippen LogP contribution >= 0.6 is 46.4 Å². The second kappa shape index (κ2) is 7.05. The zero-order chi connectivity index (χ0) is 14.6. The second-order valence-corrected chi connectivity index (χ2v) is 7.00. The highest BCUT2D eigenvalue weighted by Crippen LogP contribution is 2.41. The Labute approximate surface area is 132 Å². The molecule has 0 bridgehead atoms. The summed E-state index contributed by atoms with van der Waals surface area (Å²) in [5.74, 6) is 0.513. The summed E-state index contributed by atoms with van der Waals surface area (Å²) in [5, 5.41) is 10.2. The Kier molecular flexibility index (Phi) is 6.28. The zero-order valence-corrected chi connectivity index (χ0v) is 13.5. The van der Waals surface area contributed by atoms with Crippen LogP contribution < -0.4 is 4.74 Å². The van der Waals surface area contributed by atoms with E-state index in [-0.39, 0.29) is 0 Å². The van der Waals surface area contributed by atoms with Gasteiger partial charge in [-0.3, -0.25) is 0 Å². The molecule has 0 radical (unpaired) electrons. The van der Waals surface area contributed by atoms with Gasteiger partial charge in [0.15, 0.2) is 0 Å². The molecule has 0 saturated heterocycles. The van der Waals surface area contributed by atoms with Crippen molar-refractivity contribution in [3.05, 3.63) is 40.4 Å². The maximum atomic E-state index is 9.82. The molecule has 0 spiro atoms. The lowest BCUT2D eigenvalue weighted by Crippen LogP contribution is -2.16. The molecule has 0 amide bonds. The number of aliphatic hydroxyl groups is 1. The third-order valence-corrected chi connectivity index (χ3v) is 3.23. The Morgan fingerprint density at radius 1 is 1.37 bits per heavy atom. The van der Waals surface area contributed by atoms with Gasteiger partial charge >= 0.3 is 0 Å². The maximum Gasteiger partial charge on any atom is 0.220 e. The molecule has 6 heteroatoms. The molecule has 0 fully saturated rings. The number of halogens is 4. The summed E-state index contributed by atoms with van der Waals surface area (Å²) < 4.78 is 3.68. The first-order chi connectivity index (χ1) is 8.71. The fraction of sp³-hybridized carbons (Fsp3) is 0.385. The molecule has 0 aliphatic carbocycles. The van der Waals surface area contributed by atoms with E-state index in [1.54, 1.807) is 12.1 Å². The molecule has 0 aliphatic heterocycles. The Morgan fingerprint density at radius 2 is 2.00 bits per heavy atom. The number of hydrogen-bond donors (Lipinski definition) is 1. The molecule has 0 aromatic heterocycles. The standard InChI is InChI=1S/C13H14Cl4O2/c1-8(2)5-6-19-11-4-3-9(7-10(11)14)12(18)13(15,16)17/h3-5,7,12,18H,6H2,1-2H3. The summed E-state index contributed by atoms with van der Waals surface area (Å²) in [6.07, 6.45) is 0.683. The van der Waals surface area contributed by atoms with Gasteiger partial charge in [-0.2, -0.15) is 0 Å². The molecule has 0 heterocycles. The van der Waals surface area contributed by atoms with Crippen molar-refractivity contribution in [3.8, 4) is 5.75 Å². The van der Waals surface area contributed by atoms with Crippen molar-refractivity contribution >= 4 is 46.4 Å². The average Bonchev–Trinajstić information content (AvgIpc) is 2.28. The number of ether oxygens (including phenoxy) is 1. The van der Waals surface area contributed by atoms with E-state index >= 15 is 0 Å². The molecule has 2 nitrogen and oxygen atoms in total. The number of allylic oxidation sites excluding steroid dienone is 1. The van der Waals surface area contributed by atoms with Gasteiger partial charge in [0.1, 0.15) is 18.5 Å². The summed E-state index contributed by atoms with van der Waals surface area (Å²) in [6, 6.07) is 4.76. The number of hydrogen-bond acceptors (Lipinski definition) is 2. The first-order valence-electron chi connectivity index (χ1n) is 5.52. The molecule has 0 aliphatic rings. The molecular weight excluding hydrogens is 330 g/mol. The average molecular weight is 344 g/mol. The van der Waals surface area contributed by atoms with E-state index in [1.165, 1.54) is 6.07 Å². The normalized spacial score (nSPS) is 13.0. The van der Waals surface area contributed by atoms with Crippen LogP contribution in [0.4, 0.5) is 0 Å². The molecule has 1 atom stereocenters. The predicted molar refractivity (Wildman–Crippen MR) is 81.6 cm³/mol. The van der Waals surface area contributed by atoms with Crippen molar-refractivity contribution in [2.45, 2.75) is 23.7 Å². The van der Waals surface area contributed by atoms with Crippen molar-refractivity contribution in [2.75, 3.05) is 6.61 Å². The van der Waals surface area contributed by atoms with Crippen molar-refractivity contribution in [2.24, 2.45) is 0 Å². The van der Waals surface area contributed by atoms with Crippen LogP contribution in [0.25, 0.3) is 0 Å². The van der Waals surface area contributed by atoms with E-state index in [0.29, 0.717) is 22.9 Å². The second-order valence-electron chi connectivity index (χ2n) is 4.23. The monoisotopic (exact) mass is 342 g/mol. The molecule has 0 saturated carbocycles. The summed E-state index contributed by atoms with van der Waals surface area (Å²) in [6.45, 7) is 4.38. The zero-order valence-electron chi connectivity index (χ0n) is 10.5. The third kappa shape index (κ3) is 5.41. The lowest BCUT2D eigenvalue weighted by atomic mass is 10.1. The van der Waals surface area contributed by atoms with Crippen LogP contribution in [0.5, 0.6) is 5.75 Å². The van der Waals surface area contributed by atoms with Crippen LogP contribution in [0.1, 0.15) is 25.5 Å². The fourth-order valence-electron chi connectivity index (χ4n) is 1.29. The molecule has 1 rings (SSSR count). The Bertz CT molecular complexity index is 462. The van der Waals surface area contributed by atoms with Gasteiger partial charge < -0.3 is 9.84 Å². The van der Waals surface area contributed by atoms with E-state index in [2.05, 4.69) is 0 Å². The first-order valence-corrected chi connectivity index (χ1v) is 7.03. The highest BCUT2D eigenvalue weighted by atomic mass is 35.6. The van der Waals surface area contributed by atoms with Crippen LogP contribution in [-0.2, 0) is 0 Å². The van der Waals surface area contributed by atoms with Crippen LogP contribution in [0, 0.1) is 0 Å². The van der Waals surface area contributed by atoms with Gasteiger partial charge in [0.05, 0.1) is 5.02 Å². The summed E-state index contributed by atoms with van der Waals surface area (Å²) in [4.78, 5) is 0. The minimum atomic E-state index is -1.80. The Balaban J connectivity index is 2.83. The summed E-state index contributed by atoms with van der Waals surface area (Å²) in [7, 11) is 0. The van der Waals surface area contributed by atoms with E-state index in [1.807, 2.05) is 19.9 Å². The molecule has 106 valence electrons. The van der Waals surface area contributed by atoms with Crippen LogP contribution in [-0.4, -0.2) is 15.5 Å². The van der Waals surface area contributed by atoms with Gasteiger partial charge in [0, 0.05) is 0 Å². The fourth-order valence-corrected chi connectivity index (χ4v) is 1.91. The lowest BCUT2D eigenvalue weighted by Gasteiger charge is -2.19. The number of alkyl halides is 3. The highest BCUT2D eigenvalue weighted by Gasteiger charge is 2.32. The molecule has 1 aromatic carbocycles. The number of rotatable bonds is 4. The highest BCUT2D eigenvalue weighted by molar-refractivity contribution is 6.68. The van der Waals surface area contributed by atoms with Gasteiger partial charge in [-0.1, -0.05) is 58.0 Å². The topological polar surface area (TPSA) is 29.5 Å². The van der Waals surface area contributed by atoms with Crippen LogP contribution in [0.2, 0.25) is 5.02 Å². The lowest BCUT2D eigenvalue weighted by molar-refractivity contribution is 0.182. The largest absolute Gasteiger partial charge is 0.488 e. The smallest absolute Gasteiger partial charge is 0.220 e. The van der Waals surface area contributed by atoms with Crippen LogP contribution in [0.3, 0.4) is 0 Å². The van der Waals surface area contributed by atoms with Crippen molar-refractivity contribution < 1.29 is 9.84 Å². The molecule has 1 unspecified atom stereocenters. The van der Waals surface area contributed by atoms with E-state index in [4.69, 9.17) is 51.1 Å². The summed E-state index contributed by atoms with van der Waals surface area (Å²) >= 11 is 22.9. The Hall–Kier alpha value is -0.120. The predicted octanol–water partition coefficient (Wildman–Crippen LogP) is 5.09. The van der Waals surface area contributed by atoms with Gasteiger partial charge in [0.2, 0.25) is 3.79 Å². The van der Waals surface area contributed by atoms with Crippen LogP contribution in [0.15, 0.2) is 29.8 Å². The minimum Gasteiger partial charge on any atom is -0.488 e. The molecular formula is C13H14Cl4O2. The molecule has 1 aromatic rings. The van der Waals surface area contributed by atoms with E-state index < -0.39 is 9.90 Å². The molecule has 1 N–H and O–H groups in total. The van der Waals surface area contributed by atoms with Crippen molar-refractivity contribution in [1.82, 2.24) is 0 Å². The van der Waals surface area contributed by atoms with Gasteiger partial charge in [-0.15, -0.1) is 0 Å². The van der Waals surface area contributed by atoms with Gasteiger partial charge in [-0.25, -0.2) is 0 Å². The first kappa shape index (κ1) is 16.9. The summed E-state index contributed by atoms with van der Waals surface area (Å²) in [5.41, 5.74) is 1.57. The number of benzene rings is 1. The maximum absolute atomic E-state index is 9.82. The van der Waals surface area contributed by atoms with E-state index in [9.17, 15) is 5.11 Å². The van der Waals surface area contributed by atoms with Crippen molar-refractivity contribution in [3.63, 3.8) is 0 Å². The van der Waals surface area contributed by atoms with E-state index in [0.717, 1.165) is 5.57 Å². The quantitative estimate of drug-likeness (QED) is 0.609. The Morgan fingerprint density at radius 3 is 2.47 bits per heavy atom. The van der Waals surface area contributed by atoms with Gasteiger partial charge in [-0.05, 0) is 37.6 Å². The SMILES string of the molecule is CC(C)=CCOc1ccc(C(O)C(Cl)(Cl)Cl)cc1Cl. The third-order valence-electron chi connectivity index (χ3n) is 2.31. The van der Waals surface area contributed by atoms with Crippen molar-refractivity contribution in [1.29, 1.82) is 0 Å². The van der Waals surface area contributed by atoms with Gasteiger partial charge in [0.25, 0.3) is 0 Å². The number of aliphatic hydroxyl groups excluding tert-OH is 1. The minimum absolute atomic E-state index is 0.355.